The first-order valence-corrected chi connectivity index (χ1v) is 8.71. The van der Waals surface area contributed by atoms with Gasteiger partial charge in [-0.3, -0.25) is 4.79 Å². The van der Waals surface area contributed by atoms with Crippen LogP contribution >= 0.6 is 0 Å². The van der Waals surface area contributed by atoms with E-state index in [-0.39, 0.29) is 23.4 Å². The highest BCUT2D eigenvalue weighted by Crippen LogP contribution is 2.28. The Balaban J connectivity index is 1.92. The second kappa shape index (κ2) is 7.23. The van der Waals surface area contributed by atoms with Gasteiger partial charge in [-0.05, 0) is 56.0 Å². The molecule has 0 radical (unpaired) electrons. The van der Waals surface area contributed by atoms with E-state index in [4.69, 9.17) is 0 Å². The molecule has 5 nitrogen and oxygen atoms in total. The zero-order valence-electron chi connectivity index (χ0n) is 15.8. The van der Waals surface area contributed by atoms with Crippen LogP contribution in [0, 0.1) is 19.7 Å². The number of rotatable bonds is 3. The number of fused-ring (bicyclic) bond motifs is 1. The Morgan fingerprint density at radius 3 is 2.48 bits per heavy atom. The highest BCUT2D eigenvalue weighted by molar-refractivity contribution is 5.91. The number of carbonyl (C=O) groups excluding carboxylic acids is 1. The van der Waals surface area contributed by atoms with Crippen molar-refractivity contribution in [3.05, 3.63) is 75.5 Å². The number of aryl methyl sites for hydroxylation is 2. The summed E-state index contributed by atoms with van der Waals surface area (Å²) < 4.78 is 13.4. The fraction of sp³-hybridized carbons (Fsp3) is 0.238. The van der Waals surface area contributed by atoms with E-state index in [2.05, 4.69) is 10.3 Å². The van der Waals surface area contributed by atoms with Crippen LogP contribution in [0.2, 0.25) is 0 Å². The lowest BCUT2D eigenvalue weighted by atomic mass is 9.98. The van der Waals surface area contributed by atoms with Gasteiger partial charge in [-0.2, -0.15) is 0 Å². The van der Waals surface area contributed by atoms with E-state index in [0.29, 0.717) is 16.6 Å². The number of H-pyrrole nitrogens is 1. The molecule has 0 fully saturated rings. The van der Waals surface area contributed by atoms with E-state index < -0.39 is 0 Å². The molecule has 0 spiro atoms. The molecule has 27 heavy (non-hydrogen) atoms. The van der Waals surface area contributed by atoms with Crippen LogP contribution in [0.1, 0.15) is 29.8 Å². The molecule has 0 bridgehead atoms. The van der Waals surface area contributed by atoms with Crippen molar-refractivity contribution in [3.8, 4) is 0 Å². The summed E-state index contributed by atoms with van der Waals surface area (Å²) in [5.41, 5.74) is 2.46. The van der Waals surface area contributed by atoms with Gasteiger partial charge in [-0.25, -0.2) is 9.18 Å². The molecule has 140 valence electrons. The second-order valence-electron chi connectivity index (χ2n) is 6.72. The largest absolute Gasteiger partial charge is 0.326 e. The van der Waals surface area contributed by atoms with Gasteiger partial charge < -0.3 is 15.2 Å². The normalized spacial score (nSPS) is 12.0. The number of urea groups is 1. The Kier molecular flexibility index (Phi) is 4.99. The van der Waals surface area contributed by atoms with Gasteiger partial charge in [0.05, 0.1) is 6.04 Å². The summed E-state index contributed by atoms with van der Waals surface area (Å²) in [6.07, 6.45) is 0. The molecule has 0 saturated carbocycles. The average Bonchev–Trinajstić information content (AvgIpc) is 2.64. The Morgan fingerprint density at radius 1 is 1.15 bits per heavy atom. The van der Waals surface area contributed by atoms with Crippen molar-refractivity contribution in [2.24, 2.45) is 0 Å². The first kappa shape index (κ1) is 18.6. The molecule has 3 aromatic rings. The van der Waals surface area contributed by atoms with Crippen molar-refractivity contribution in [1.82, 2.24) is 9.88 Å². The Labute approximate surface area is 156 Å². The van der Waals surface area contributed by atoms with Crippen LogP contribution in [0.4, 0.5) is 14.9 Å². The topological polar surface area (TPSA) is 65.2 Å². The molecular formula is C21H22FN3O2. The van der Waals surface area contributed by atoms with Gasteiger partial charge in [0.15, 0.2) is 0 Å². The second-order valence-corrected chi connectivity index (χ2v) is 6.72. The number of halogens is 1. The molecule has 3 rings (SSSR count). The Hall–Kier alpha value is -3.15. The van der Waals surface area contributed by atoms with Crippen molar-refractivity contribution in [2.75, 3.05) is 12.4 Å². The molecule has 2 aromatic carbocycles. The van der Waals surface area contributed by atoms with E-state index in [1.54, 1.807) is 31.0 Å². The van der Waals surface area contributed by atoms with Crippen molar-refractivity contribution in [3.63, 3.8) is 0 Å². The molecule has 0 aliphatic rings. The van der Waals surface area contributed by atoms with Crippen molar-refractivity contribution in [1.29, 1.82) is 0 Å². The summed E-state index contributed by atoms with van der Waals surface area (Å²) in [6.45, 7) is 5.38. The first-order chi connectivity index (χ1) is 12.8. The average molecular weight is 367 g/mol. The minimum Gasteiger partial charge on any atom is -0.326 e. The van der Waals surface area contributed by atoms with Crippen LogP contribution in [0.5, 0.6) is 0 Å². The highest BCUT2D eigenvalue weighted by Gasteiger charge is 2.22. The zero-order valence-corrected chi connectivity index (χ0v) is 15.8. The lowest BCUT2D eigenvalue weighted by Crippen LogP contribution is -2.34. The quantitative estimate of drug-likeness (QED) is 0.715. The van der Waals surface area contributed by atoms with E-state index >= 15 is 0 Å². The van der Waals surface area contributed by atoms with Crippen molar-refractivity contribution in [2.45, 2.75) is 26.8 Å². The number of benzene rings is 2. The number of carbonyl (C=O) groups is 1. The summed E-state index contributed by atoms with van der Waals surface area (Å²) in [6, 6.07) is 11.2. The van der Waals surface area contributed by atoms with Crippen LogP contribution < -0.4 is 10.9 Å². The molecular weight excluding hydrogens is 345 g/mol. The smallest absolute Gasteiger partial charge is 0.322 e. The predicted octanol–water partition coefficient (Wildman–Crippen LogP) is 4.51. The van der Waals surface area contributed by atoms with Crippen LogP contribution in [0.25, 0.3) is 10.8 Å². The van der Waals surface area contributed by atoms with Gasteiger partial charge in [0.1, 0.15) is 5.82 Å². The molecule has 0 aliphatic carbocycles. The van der Waals surface area contributed by atoms with Crippen LogP contribution in [-0.4, -0.2) is 23.0 Å². The first-order valence-electron chi connectivity index (χ1n) is 8.71. The monoisotopic (exact) mass is 367 g/mol. The van der Waals surface area contributed by atoms with E-state index in [9.17, 15) is 14.0 Å². The molecule has 1 atom stereocenters. The molecule has 2 N–H and O–H groups in total. The number of anilines is 1. The number of amides is 2. The number of pyridine rings is 1. The molecule has 6 heteroatoms. The van der Waals surface area contributed by atoms with Gasteiger partial charge in [0, 0.05) is 29.4 Å². The molecule has 1 aromatic heterocycles. The Morgan fingerprint density at radius 2 is 1.81 bits per heavy atom. The fourth-order valence-corrected chi connectivity index (χ4v) is 3.26. The number of hydrogen-bond acceptors (Lipinski definition) is 2. The Bertz CT molecular complexity index is 1070. The summed E-state index contributed by atoms with van der Waals surface area (Å²) in [5.74, 6) is -0.315. The maximum Gasteiger partial charge on any atom is 0.322 e. The van der Waals surface area contributed by atoms with E-state index in [1.807, 2.05) is 32.0 Å². The van der Waals surface area contributed by atoms with Gasteiger partial charge in [-0.1, -0.05) is 18.2 Å². The van der Waals surface area contributed by atoms with E-state index in [0.717, 1.165) is 16.6 Å². The summed E-state index contributed by atoms with van der Waals surface area (Å²) >= 11 is 0. The van der Waals surface area contributed by atoms with Gasteiger partial charge in [-0.15, -0.1) is 0 Å². The van der Waals surface area contributed by atoms with Gasteiger partial charge >= 0.3 is 6.03 Å². The molecule has 2 amide bonds. The third kappa shape index (κ3) is 3.56. The zero-order chi connectivity index (χ0) is 19.7. The van der Waals surface area contributed by atoms with E-state index in [1.165, 1.54) is 12.1 Å². The molecule has 0 aliphatic heterocycles. The van der Waals surface area contributed by atoms with Gasteiger partial charge in [0.2, 0.25) is 0 Å². The SMILES string of the molecule is Cc1cc(NC(=O)N(C)C(C)c2c(C)[nH]c(=O)c3ccccc23)ccc1F. The third-order valence-electron chi connectivity index (χ3n) is 4.90. The van der Waals surface area contributed by atoms with Gasteiger partial charge in [0.25, 0.3) is 5.56 Å². The third-order valence-corrected chi connectivity index (χ3v) is 4.90. The van der Waals surface area contributed by atoms with Crippen LogP contribution in [0.3, 0.4) is 0 Å². The lowest BCUT2D eigenvalue weighted by Gasteiger charge is -2.27. The lowest BCUT2D eigenvalue weighted by molar-refractivity contribution is 0.208. The number of aromatic nitrogens is 1. The van der Waals surface area contributed by atoms with Crippen LogP contribution in [0.15, 0.2) is 47.3 Å². The fourth-order valence-electron chi connectivity index (χ4n) is 3.26. The summed E-state index contributed by atoms with van der Waals surface area (Å²) in [7, 11) is 1.69. The maximum absolute atomic E-state index is 13.4. The molecule has 1 heterocycles. The van der Waals surface area contributed by atoms with Crippen LogP contribution in [-0.2, 0) is 0 Å². The number of nitrogens with one attached hydrogen (secondary N) is 2. The predicted molar refractivity (Wildman–Crippen MR) is 106 cm³/mol. The maximum atomic E-state index is 13.4. The number of nitrogens with zero attached hydrogens (tertiary/aromatic N) is 1. The number of aromatic amines is 1. The van der Waals surface area contributed by atoms with Crippen molar-refractivity contribution < 1.29 is 9.18 Å². The highest BCUT2D eigenvalue weighted by atomic mass is 19.1. The standard InChI is InChI=1S/C21H22FN3O2/c1-12-11-15(9-10-18(12)22)24-21(27)25(4)14(3)19-13(2)23-20(26)17-8-6-5-7-16(17)19/h5-11,14H,1-4H3,(H,23,26)(H,24,27). The summed E-state index contributed by atoms with van der Waals surface area (Å²) in [4.78, 5) is 29.3. The number of hydrogen-bond donors (Lipinski definition) is 2. The molecule has 1 unspecified atom stereocenters. The molecule has 0 saturated heterocycles. The summed E-state index contributed by atoms with van der Waals surface area (Å²) in [5, 5.41) is 4.20. The minimum absolute atomic E-state index is 0.145. The van der Waals surface area contributed by atoms with Crippen molar-refractivity contribution >= 4 is 22.5 Å². The minimum atomic E-state index is -0.316.